The summed E-state index contributed by atoms with van der Waals surface area (Å²) < 4.78 is 27.3. The van der Waals surface area contributed by atoms with Crippen molar-refractivity contribution in [2.45, 2.75) is 45.0 Å². The quantitative estimate of drug-likeness (QED) is 0.517. The molecule has 0 spiro atoms. The van der Waals surface area contributed by atoms with Crippen LogP contribution in [0.2, 0.25) is 0 Å². The van der Waals surface area contributed by atoms with E-state index >= 15 is 0 Å². The molecule has 0 aromatic heterocycles. The Morgan fingerprint density at radius 1 is 1.33 bits per heavy atom. The lowest BCUT2D eigenvalue weighted by atomic mass is 9.89. The zero-order valence-corrected chi connectivity index (χ0v) is 12.3. The lowest BCUT2D eigenvalue weighted by molar-refractivity contribution is -0.0434. The van der Waals surface area contributed by atoms with Crippen LogP contribution in [-0.2, 0) is 6.42 Å². The van der Waals surface area contributed by atoms with Gasteiger partial charge in [0.05, 0.1) is 5.56 Å². The maximum atomic E-state index is 13.7. The molecule has 0 saturated heterocycles. The standard InChI is InChI=1S/C17H22F2O2/c1-3-4-5-6-7-15(17(2,18)19)12-13-8-10-14(11-9-13)16(20)21/h3,8-11,15H,1,4-7,12H2,2H3,(H,20,21). The van der Waals surface area contributed by atoms with Crippen molar-refractivity contribution in [2.24, 2.45) is 5.92 Å². The summed E-state index contributed by atoms with van der Waals surface area (Å²) >= 11 is 0. The third kappa shape index (κ3) is 6.06. The van der Waals surface area contributed by atoms with E-state index in [-0.39, 0.29) is 12.0 Å². The summed E-state index contributed by atoms with van der Waals surface area (Å²) in [6, 6.07) is 6.15. The molecule has 1 rings (SSSR count). The molecule has 1 atom stereocenters. The first-order valence-corrected chi connectivity index (χ1v) is 7.15. The van der Waals surface area contributed by atoms with Gasteiger partial charge in [-0.1, -0.05) is 24.6 Å². The minimum Gasteiger partial charge on any atom is -0.478 e. The van der Waals surface area contributed by atoms with Gasteiger partial charge in [0.15, 0.2) is 0 Å². The van der Waals surface area contributed by atoms with Crippen LogP contribution in [0.3, 0.4) is 0 Å². The largest absolute Gasteiger partial charge is 0.478 e. The average Bonchev–Trinajstić information content (AvgIpc) is 2.41. The van der Waals surface area contributed by atoms with Gasteiger partial charge in [0, 0.05) is 5.92 Å². The second-order valence-corrected chi connectivity index (χ2v) is 5.43. The van der Waals surface area contributed by atoms with Gasteiger partial charge in [0.25, 0.3) is 0 Å². The van der Waals surface area contributed by atoms with Crippen LogP contribution in [0.1, 0.15) is 48.5 Å². The molecule has 0 amide bonds. The topological polar surface area (TPSA) is 37.3 Å². The molecule has 116 valence electrons. The number of carboxylic acids is 1. The molecule has 0 saturated carbocycles. The number of aromatic carboxylic acids is 1. The number of unbranched alkanes of at least 4 members (excludes halogenated alkanes) is 2. The average molecular weight is 296 g/mol. The van der Waals surface area contributed by atoms with E-state index in [1.54, 1.807) is 18.2 Å². The zero-order valence-electron chi connectivity index (χ0n) is 12.3. The van der Waals surface area contributed by atoms with Crippen molar-refractivity contribution in [1.82, 2.24) is 0 Å². The van der Waals surface area contributed by atoms with E-state index in [0.29, 0.717) is 6.42 Å². The molecule has 0 fully saturated rings. The van der Waals surface area contributed by atoms with Crippen molar-refractivity contribution >= 4 is 5.97 Å². The van der Waals surface area contributed by atoms with E-state index in [9.17, 15) is 13.6 Å². The van der Waals surface area contributed by atoms with E-state index in [2.05, 4.69) is 6.58 Å². The minimum atomic E-state index is -2.74. The Balaban J connectivity index is 2.67. The first-order chi connectivity index (χ1) is 9.84. The fourth-order valence-electron chi connectivity index (χ4n) is 2.28. The van der Waals surface area contributed by atoms with Gasteiger partial charge in [-0.2, -0.15) is 0 Å². The van der Waals surface area contributed by atoms with Crippen LogP contribution in [-0.4, -0.2) is 17.0 Å². The molecule has 0 aliphatic rings. The number of allylic oxidation sites excluding steroid dienone is 1. The number of hydrogen-bond acceptors (Lipinski definition) is 1. The molecule has 4 heteroatoms. The number of hydrogen-bond donors (Lipinski definition) is 1. The first kappa shape index (κ1) is 17.3. The number of carbonyl (C=O) groups is 1. The van der Waals surface area contributed by atoms with Gasteiger partial charge < -0.3 is 5.11 Å². The van der Waals surface area contributed by atoms with E-state index < -0.39 is 17.8 Å². The third-order valence-corrected chi connectivity index (χ3v) is 3.61. The van der Waals surface area contributed by atoms with Crippen molar-refractivity contribution in [3.63, 3.8) is 0 Å². The lowest BCUT2D eigenvalue weighted by Gasteiger charge is -2.23. The van der Waals surface area contributed by atoms with Gasteiger partial charge >= 0.3 is 5.97 Å². The summed E-state index contributed by atoms with van der Waals surface area (Å²) in [5.41, 5.74) is 0.916. The monoisotopic (exact) mass is 296 g/mol. The molecule has 0 radical (unpaired) electrons. The molecule has 2 nitrogen and oxygen atoms in total. The summed E-state index contributed by atoms with van der Waals surface area (Å²) in [7, 11) is 0. The number of alkyl halides is 2. The summed E-state index contributed by atoms with van der Waals surface area (Å²) in [5.74, 6) is -4.47. The number of halogens is 2. The highest BCUT2D eigenvalue weighted by Crippen LogP contribution is 2.31. The summed E-state index contributed by atoms with van der Waals surface area (Å²) in [6.07, 6.45) is 4.97. The van der Waals surface area contributed by atoms with Gasteiger partial charge in [-0.05, 0) is 50.3 Å². The van der Waals surface area contributed by atoms with Crippen LogP contribution in [0.5, 0.6) is 0 Å². The molecule has 21 heavy (non-hydrogen) atoms. The minimum absolute atomic E-state index is 0.171. The Bertz CT molecular complexity index is 461. The molecular formula is C17H22F2O2. The van der Waals surface area contributed by atoms with Gasteiger partial charge in [-0.3, -0.25) is 0 Å². The summed E-state index contributed by atoms with van der Waals surface area (Å²) in [5, 5.41) is 8.83. The van der Waals surface area contributed by atoms with Crippen molar-refractivity contribution in [3.8, 4) is 0 Å². The van der Waals surface area contributed by atoms with Gasteiger partial charge in [0.1, 0.15) is 0 Å². The Hall–Kier alpha value is -1.71. The van der Waals surface area contributed by atoms with Crippen LogP contribution >= 0.6 is 0 Å². The van der Waals surface area contributed by atoms with Crippen LogP contribution in [0.15, 0.2) is 36.9 Å². The second-order valence-electron chi connectivity index (χ2n) is 5.43. The SMILES string of the molecule is C=CCCCCC(Cc1ccc(C(=O)O)cc1)C(C)(F)F. The van der Waals surface area contributed by atoms with Gasteiger partial charge in [-0.25, -0.2) is 13.6 Å². The van der Waals surface area contributed by atoms with Gasteiger partial charge in [0.2, 0.25) is 5.92 Å². The van der Waals surface area contributed by atoms with Crippen LogP contribution in [0.4, 0.5) is 8.78 Å². The van der Waals surface area contributed by atoms with Crippen molar-refractivity contribution in [3.05, 3.63) is 48.0 Å². The van der Waals surface area contributed by atoms with Crippen molar-refractivity contribution < 1.29 is 18.7 Å². The predicted molar refractivity (Wildman–Crippen MR) is 79.9 cm³/mol. The Labute approximate surface area is 124 Å². The fraction of sp³-hybridized carbons (Fsp3) is 0.471. The number of benzene rings is 1. The van der Waals surface area contributed by atoms with Gasteiger partial charge in [-0.15, -0.1) is 6.58 Å². The second kappa shape index (κ2) is 7.91. The first-order valence-electron chi connectivity index (χ1n) is 7.15. The fourth-order valence-corrected chi connectivity index (χ4v) is 2.28. The zero-order chi connectivity index (χ0) is 15.9. The molecule has 0 bridgehead atoms. The lowest BCUT2D eigenvalue weighted by Crippen LogP contribution is -2.26. The molecule has 1 aromatic carbocycles. The van der Waals surface area contributed by atoms with Crippen molar-refractivity contribution in [1.29, 1.82) is 0 Å². The Kier molecular flexibility index (Phi) is 6.53. The van der Waals surface area contributed by atoms with Crippen LogP contribution < -0.4 is 0 Å². The van der Waals surface area contributed by atoms with E-state index in [4.69, 9.17) is 5.11 Å². The Morgan fingerprint density at radius 3 is 2.43 bits per heavy atom. The molecule has 0 aliphatic carbocycles. The molecule has 0 heterocycles. The molecule has 1 N–H and O–H groups in total. The smallest absolute Gasteiger partial charge is 0.335 e. The molecule has 1 unspecified atom stereocenters. The molecule has 1 aromatic rings. The van der Waals surface area contributed by atoms with Crippen LogP contribution in [0, 0.1) is 5.92 Å². The predicted octanol–water partition coefficient (Wildman–Crippen LogP) is 4.95. The highest BCUT2D eigenvalue weighted by molar-refractivity contribution is 5.87. The van der Waals surface area contributed by atoms with Crippen molar-refractivity contribution in [2.75, 3.05) is 0 Å². The number of rotatable bonds is 9. The highest BCUT2D eigenvalue weighted by atomic mass is 19.3. The highest BCUT2D eigenvalue weighted by Gasteiger charge is 2.33. The normalized spacial score (nSPS) is 12.9. The maximum Gasteiger partial charge on any atom is 0.335 e. The summed E-state index contributed by atoms with van der Waals surface area (Å²) in [6.45, 7) is 4.58. The van der Waals surface area contributed by atoms with Crippen LogP contribution in [0.25, 0.3) is 0 Å². The van der Waals surface area contributed by atoms with E-state index in [1.165, 1.54) is 12.1 Å². The van der Waals surface area contributed by atoms with E-state index in [1.807, 2.05) is 0 Å². The summed E-state index contributed by atoms with van der Waals surface area (Å²) in [4.78, 5) is 10.8. The third-order valence-electron chi connectivity index (χ3n) is 3.61. The molecular weight excluding hydrogens is 274 g/mol. The Morgan fingerprint density at radius 2 is 1.95 bits per heavy atom. The van der Waals surface area contributed by atoms with E-state index in [0.717, 1.165) is 31.7 Å². The number of carboxylic acid groups (broad SMARTS) is 1. The molecule has 0 aliphatic heterocycles. The maximum absolute atomic E-state index is 13.7.